The van der Waals surface area contributed by atoms with Crippen molar-refractivity contribution in [1.82, 2.24) is 19.5 Å². The average molecular weight is 579 g/mol. The Morgan fingerprint density at radius 2 is 1.91 bits per heavy atom. The third-order valence-corrected chi connectivity index (χ3v) is 7.47. The number of aromatic amines is 1. The number of hydrogen-bond acceptors (Lipinski definition) is 5. The smallest absolute Gasteiger partial charge is 0.323 e. The predicted molar refractivity (Wildman–Crippen MR) is 172 cm³/mol. The van der Waals surface area contributed by atoms with Crippen molar-refractivity contribution in [2.75, 3.05) is 17.7 Å². The van der Waals surface area contributed by atoms with Crippen molar-refractivity contribution in [2.45, 2.75) is 58.9 Å². The standard InChI is InChI=1S/C34H38N6O3/c1-6-7-17-40-28-21-35-14-13-25(28)30(23-9-8-10-24(20-23)43-5)31(32(40)41)39-33(42)38-27-18-22(19-29-36-15-16-37-29)11-12-26(27)34(2,3)4/h8-16,18,20-21H,6-7,17,19H2,1-5H3,(H,36,37)(H2,38,39,42). The van der Waals surface area contributed by atoms with Crippen LogP contribution in [0.15, 0.2) is 78.1 Å². The summed E-state index contributed by atoms with van der Waals surface area (Å²) in [4.78, 5) is 39.7. The minimum atomic E-state index is -0.502. The number of aromatic nitrogens is 4. The highest BCUT2D eigenvalue weighted by molar-refractivity contribution is 6.08. The van der Waals surface area contributed by atoms with E-state index in [0.29, 0.717) is 35.5 Å². The molecule has 0 atom stereocenters. The van der Waals surface area contributed by atoms with Crippen LogP contribution in [0.1, 0.15) is 57.5 Å². The number of imidazole rings is 1. The molecule has 3 N–H and O–H groups in total. The van der Waals surface area contributed by atoms with Gasteiger partial charge in [0.1, 0.15) is 17.3 Å². The fourth-order valence-electron chi connectivity index (χ4n) is 5.35. The molecule has 0 aliphatic rings. The number of carbonyl (C=O) groups excluding carboxylic acids is 1. The number of pyridine rings is 2. The summed E-state index contributed by atoms with van der Waals surface area (Å²) < 4.78 is 7.19. The van der Waals surface area contributed by atoms with Crippen LogP contribution in [0.5, 0.6) is 5.75 Å². The predicted octanol–water partition coefficient (Wildman–Crippen LogP) is 7.13. The lowest BCUT2D eigenvalue weighted by atomic mass is 9.85. The second kappa shape index (κ2) is 12.5. The molecular weight excluding hydrogens is 540 g/mol. The van der Waals surface area contributed by atoms with Gasteiger partial charge in [-0.05, 0) is 52.8 Å². The van der Waals surface area contributed by atoms with Crippen molar-refractivity contribution in [3.63, 3.8) is 0 Å². The van der Waals surface area contributed by atoms with Crippen LogP contribution in [0.3, 0.4) is 0 Å². The maximum absolute atomic E-state index is 14.1. The molecule has 0 fully saturated rings. The minimum Gasteiger partial charge on any atom is -0.497 e. The van der Waals surface area contributed by atoms with Gasteiger partial charge in [0, 0.05) is 48.2 Å². The molecule has 2 aromatic carbocycles. The molecule has 3 aromatic heterocycles. The summed E-state index contributed by atoms with van der Waals surface area (Å²) in [6.07, 6.45) is 9.24. The number of amides is 2. The molecular formula is C34H38N6O3. The number of urea groups is 1. The summed E-state index contributed by atoms with van der Waals surface area (Å²) in [7, 11) is 1.60. The van der Waals surface area contributed by atoms with Crippen molar-refractivity contribution in [2.24, 2.45) is 0 Å². The summed E-state index contributed by atoms with van der Waals surface area (Å²) in [5.41, 5.74) is 4.40. The van der Waals surface area contributed by atoms with Gasteiger partial charge in [-0.1, -0.05) is 58.4 Å². The Hall–Kier alpha value is -4.92. The molecule has 0 aliphatic carbocycles. The largest absolute Gasteiger partial charge is 0.497 e. The number of rotatable bonds is 9. The number of carbonyl (C=O) groups is 1. The molecule has 0 saturated carbocycles. The van der Waals surface area contributed by atoms with Gasteiger partial charge < -0.3 is 24.9 Å². The molecule has 5 aromatic rings. The van der Waals surface area contributed by atoms with Crippen LogP contribution in [-0.2, 0) is 18.4 Å². The zero-order valence-electron chi connectivity index (χ0n) is 25.3. The van der Waals surface area contributed by atoms with Crippen LogP contribution in [0, 0.1) is 0 Å². The Bertz CT molecular complexity index is 1800. The molecule has 0 bridgehead atoms. The van der Waals surface area contributed by atoms with E-state index in [0.717, 1.165) is 40.7 Å². The summed E-state index contributed by atoms with van der Waals surface area (Å²) in [6, 6.07) is 14.9. The topological polar surface area (TPSA) is 114 Å². The fraction of sp³-hybridized carbons (Fsp3) is 0.294. The Morgan fingerprint density at radius 1 is 1.07 bits per heavy atom. The molecule has 3 heterocycles. The lowest BCUT2D eigenvalue weighted by Crippen LogP contribution is -2.30. The maximum Gasteiger partial charge on any atom is 0.323 e. The monoisotopic (exact) mass is 578 g/mol. The number of methoxy groups -OCH3 is 1. The van der Waals surface area contributed by atoms with E-state index in [-0.39, 0.29) is 16.7 Å². The van der Waals surface area contributed by atoms with Gasteiger partial charge in [-0.3, -0.25) is 9.78 Å². The van der Waals surface area contributed by atoms with E-state index >= 15 is 0 Å². The van der Waals surface area contributed by atoms with Crippen LogP contribution in [0.2, 0.25) is 0 Å². The molecule has 222 valence electrons. The van der Waals surface area contributed by atoms with Crippen molar-refractivity contribution < 1.29 is 9.53 Å². The van der Waals surface area contributed by atoms with Crippen molar-refractivity contribution >= 4 is 28.3 Å². The second-order valence-corrected chi connectivity index (χ2v) is 11.6. The Balaban J connectivity index is 1.60. The van der Waals surface area contributed by atoms with E-state index in [9.17, 15) is 9.59 Å². The normalized spacial score (nSPS) is 11.5. The molecule has 9 nitrogen and oxygen atoms in total. The number of fused-ring (bicyclic) bond motifs is 1. The molecule has 5 rings (SSSR count). The molecule has 9 heteroatoms. The summed E-state index contributed by atoms with van der Waals surface area (Å²) in [5.74, 6) is 1.48. The molecule has 0 spiro atoms. The first-order valence-corrected chi connectivity index (χ1v) is 14.5. The number of aryl methyl sites for hydroxylation is 1. The van der Waals surface area contributed by atoms with Crippen molar-refractivity contribution in [3.05, 3.63) is 101 Å². The van der Waals surface area contributed by atoms with Crippen molar-refractivity contribution in [3.8, 4) is 16.9 Å². The van der Waals surface area contributed by atoms with Crippen LogP contribution >= 0.6 is 0 Å². The van der Waals surface area contributed by atoms with Crippen molar-refractivity contribution in [1.29, 1.82) is 0 Å². The molecule has 0 radical (unpaired) electrons. The van der Waals surface area contributed by atoms with Gasteiger partial charge in [0.05, 0.1) is 18.8 Å². The van der Waals surface area contributed by atoms with E-state index in [2.05, 4.69) is 59.3 Å². The van der Waals surface area contributed by atoms with E-state index in [1.54, 1.807) is 36.5 Å². The van der Waals surface area contributed by atoms with E-state index in [1.165, 1.54) is 0 Å². The number of ether oxygens (including phenoxy) is 1. The summed E-state index contributed by atoms with van der Waals surface area (Å²) >= 11 is 0. The number of nitrogens with zero attached hydrogens (tertiary/aromatic N) is 3. The lowest BCUT2D eigenvalue weighted by Gasteiger charge is -2.24. The van der Waals surface area contributed by atoms with E-state index < -0.39 is 6.03 Å². The van der Waals surface area contributed by atoms with Crippen LogP contribution in [0.25, 0.3) is 22.0 Å². The summed E-state index contributed by atoms with van der Waals surface area (Å²) in [6.45, 7) is 8.89. The second-order valence-electron chi connectivity index (χ2n) is 11.6. The first-order valence-electron chi connectivity index (χ1n) is 14.5. The lowest BCUT2D eigenvalue weighted by molar-refractivity contribution is 0.262. The van der Waals surface area contributed by atoms with E-state index in [1.807, 2.05) is 42.5 Å². The van der Waals surface area contributed by atoms with Crippen LogP contribution < -0.4 is 20.9 Å². The highest BCUT2D eigenvalue weighted by Gasteiger charge is 2.23. The Labute approximate surface area is 251 Å². The van der Waals surface area contributed by atoms with E-state index in [4.69, 9.17) is 4.74 Å². The molecule has 43 heavy (non-hydrogen) atoms. The van der Waals surface area contributed by atoms with Gasteiger partial charge in [-0.25, -0.2) is 9.78 Å². The molecule has 0 aliphatic heterocycles. The highest BCUT2D eigenvalue weighted by Crippen LogP contribution is 2.36. The zero-order chi connectivity index (χ0) is 30.6. The number of anilines is 2. The minimum absolute atomic E-state index is 0.199. The number of nitrogens with one attached hydrogen (secondary N) is 3. The number of H-pyrrole nitrogens is 1. The number of unbranched alkanes of at least 4 members (excludes halogenated alkanes) is 1. The molecule has 0 saturated heterocycles. The molecule has 0 unspecified atom stereocenters. The van der Waals surface area contributed by atoms with Gasteiger partial charge in [0.2, 0.25) is 0 Å². The maximum atomic E-state index is 14.1. The fourth-order valence-corrected chi connectivity index (χ4v) is 5.35. The van der Waals surface area contributed by atoms with Gasteiger partial charge in [-0.15, -0.1) is 0 Å². The molecule has 2 amide bonds. The van der Waals surface area contributed by atoms with Gasteiger partial charge >= 0.3 is 6.03 Å². The Kier molecular flexibility index (Phi) is 8.61. The SMILES string of the molecule is CCCCn1c(=O)c(NC(=O)Nc2cc(Cc3ncc[nH]3)ccc2C(C)(C)C)c(-c2cccc(OC)c2)c2ccncc21. The summed E-state index contributed by atoms with van der Waals surface area (Å²) in [5, 5.41) is 6.82. The van der Waals surface area contributed by atoms with Crippen LogP contribution in [0.4, 0.5) is 16.2 Å². The number of hydrogen-bond donors (Lipinski definition) is 3. The zero-order valence-corrected chi connectivity index (χ0v) is 25.3. The van der Waals surface area contributed by atoms with Gasteiger partial charge in [-0.2, -0.15) is 0 Å². The average Bonchev–Trinajstić information content (AvgIpc) is 3.50. The van der Waals surface area contributed by atoms with Crippen LogP contribution in [-0.4, -0.2) is 32.7 Å². The quantitative estimate of drug-likeness (QED) is 0.172. The highest BCUT2D eigenvalue weighted by atomic mass is 16.5. The van der Waals surface area contributed by atoms with Gasteiger partial charge in [0.25, 0.3) is 5.56 Å². The Morgan fingerprint density at radius 3 is 2.63 bits per heavy atom. The third-order valence-electron chi connectivity index (χ3n) is 7.47. The number of benzene rings is 2. The van der Waals surface area contributed by atoms with Gasteiger partial charge in [0.15, 0.2) is 0 Å². The third kappa shape index (κ3) is 6.45. The first-order chi connectivity index (χ1) is 20.7. The first kappa shape index (κ1) is 29.6.